The molecule has 0 amide bonds. The molecule has 1 saturated heterocycles. The lowest BCUT2D eigenvalue weighted by atomic mass is 10.2. The summed E-state index contributed by atoms with van der Waals surface area (Å²) in [5, 5.41) is 71.4. The van der Waals surface area contributed by atoms with Crippen LogP contribution in [0, 0.1) is 0 Å². The van der Waals surface area contributed by atoms with E-state index in [9.17, 15) is 27.6 Å². The van der Waals surface area contributed by atoms with Crippen molar-refractivity contribution in [3.63, 3.8) is 0 Å². The van der Waals surface area contributed by atoms with E-state index >= 15 is 0 Å². The minimum Gasteiger partial charge on any atom is -0.479 e. The molecule has 4 rings (SSSR count). The number of carboxylic acid groups (broad SMARTS) is 4. The van der Waals surface area contributed by atoms with Crippen molar-refractivity contribution in [2.24, 2.45) is 0 Å². The highest BCUT2D eigenvalue weighted by atomic mass is 35.5. The van der Waals surface area contributed by atoms with Crippen LogP contribution < -0.4 is 10.6 Å². The van der Waals surface area contributed by atoms with Gasteiger partial charge in [0.2, 0.25) is 16.0 Å². The van der Waals surface area contributed by atoms with Crippen LogP contribution in [0.4, 0.5) is 23.0 Å². The molecule has 1 aromatic heterocycles. The number of nitrogens with zero attached hydrogens (tertiary/aromatic N) is 5. The van der Waals surface area contributed by atoms with E-state index in [1.165, 1.54) is 31.9 Å². The van der Waals surface area contributed by atoms with Gasteiger partial charge in [0, 0.05) is 52.5 Å². The van der Waals surface area contributed by atoms with E-state index in [2.05, 4.69) is 49.6 Å². The number of benzene rings is 2. The molecule has 2 heterocycles. The molecule has 0 bridgehead atoms. The van der Waals surface area contributed by atoms with Crippen LogP contribution in [0.5, 0.6) is 0 Å². The number of likely N-dealkylation sites (N-methyl/N-ethyl adjacent to an activating group) is 1. The van der Waals surface area contributed by atoms with Crippen molar-refractivity contribution in [2.45, 2.75) is 35.9 Å². The Morgan fingerprint density at radius 1 is 0.764 bits per heavy atom. The quantitative estimate of drug-likeness (QED) is 0.0906. The third kappa shape index (κ3) is 14.3. The molecule has 302 valence electrons. The topological polar surface area (TPSA) is 324 Å². The average molecular weight is 816 g/mol. The van der Waals surface area contributed by atoms with Crippen molar-refractivity contribution >= 4 is 68.5 Å². The summed E-state index contributed by atoms with van der Waals surface area (Å²) in [6.45, 7) is 5.28. The van der Waals surface area contributed by atoms with Crippen LogP contribution in [-0.2, 0) is 35.7 Å². The third-order valence-corrected chi connectivity index (χ3v) is 9.64. The first-order chi connectivity index (χ1) is 25.6. The number of halogens is 1. The van der Waals surface area contributed by atoms with Crippen molar-refractivity contribution in [1.29, 1.82) is 0 Å². The first-order valence-corrected chi connectivity index (χ1v) is 17.7. The second kappa shape index (κ2) is 21.2. The number of carbonyl (C=O) groups is 4. The highest BCUT2D eigenvalue weighted by Crippen LogP contribution is 2.30. The molecular weight excluding hydrogens is 774 g/mol. The van der Waals surface area contributed by atoms with Gasteiger partial charge in [-0.05, 0) is 36.9 Å². The maximum Gasteiger partial charge on any atom is 0.335 e. The Labute approximate surface area is 319 Å². The van der Waals surface area contributed by atoms with E-state index in [0.717, 1.165) is 42.7 Å². The molecule has 23 heteroatoms. The van der Waals surface area contributed by atoms with E-state index in [1.54, 1.807) is 18.2 Å². The van der Waals surface area contributed by atoms with Gasteiger partial charge >= 0.3 is 23.9 Å². The van der Waals surface area contributed by atoms with Crippen LogP contribution in [0.2, 0.25) is 5.15 Å². The number of aromatic nitrogens is 2. The molecule has 10 N–H and O–H groups in total. The minimum absolute atomic E-state index is 0.139. The zero-order valence-corrected chi connectivity index (χ0v) is 31.2. The van der Waals surface area contributed by atoms with Gasteiger partial charge in [-0.2, -0.15) is 4.98 Å². The van der Waals surface area contributed by atoms with Crippen molar-refractivity contribution in [3.8, 4) is 0 Å². The van der Waals surface area contributed by atoms with Gasteiger partial charge in [-0.3, -0.25) is 4.90 Å². The van der Waals surface area contributed by atoms with Crippen LogP contribution in [-0.4, -0.2) is 169 Å². The molecule has 4 atom stereocenters. The van der Waals surface area contributed by atoms with E-state index in [4.69, 9.17) is 52.5 Å². The van der Waals surface area contributed by atoms with Crippen molar-refractivity contribution in [1.82, 2.24) is 24.1 Å². The summed E-state index contributed by atoms with van der Waals surface area (Å²) in [4.78, 5) is 52.7. The lowest BCUT2D eigenvalue weighted by Gasteiger charge is -2.32. The fraction of sp³-hybridized carbons (Fsp3) is 0.375. The number of hydrogen-bond donors (Lipinski definition) is 10. The SMILES string of the molecule is CN1CCN(Cc2ccc(Nc3ncc(Nc4ccccc4S(=O)(=O)N(C)C)c(Cl)n3)cc2)CC1.O=C(O)[C@H](O)[C@@H](O)C(=O)O.O=C(O)[C@H](O)[C@@H](O)C(=O)O. The fourth-order valence-corrected chi connectivity index (χ4v) is 5.49. The van der Waals surface area contributed by atoms with Gasteiger partial charge in [-0.15, -0.1) is 0 Å². The summed E-state index contributed by atoms with van der Waals surface area (Å²) >= 11 is 6.40. The van der Waals surface area contributed by atoms with Crippen LogP contribution >= 0.6 is 11.6 Å². The van der Waals surface area contributed by atoms with E-state index in [1.807, 2.05) is 12.1 Å². The predicted octanol–water partition coefficient (Wildman–Crippen LogP) is -0.630. The number of sulfonamides is 1. The number of aliphatic hydroxyl groups is 4. The Morgan fingerprint density at radius 3 is 1.67 bits per heavy atom. The summed E-state index contributed by atoms with van der Waals surface area (Å²) in [5.74, 6) is -6.73. The van der Waals surface area contributed by atoms with E-state index in [-0.39, 0.29) is 10.0 Å². The largest absolute Gasteiger partial charge is 0.479 e. The van der Waals surface area contributed by atoms with Crippen molar-refractivity contribution in [2.75, 3.05) is 58.0 Å². The Kier molecular flexibility index (Phi) is 17.7. The maximum absolute atomic E-state index is 12.6. The van der Waals surface area contributed by atoms with Gasteiger partial charge in [0.15, 0.2) is 29.6 Å². The van der Waals surface area contributed by atoms with Gasteiger partial charge in [0.25, 0.3) is 0 Å². The molecule has 0 spiro atoms. The Bertz CT molecular complexity index is 1810. The van der Waals surface area contributed by atoms with Crippen molar-refractivity contribution < 1.29 is 68.4 Å². The first-order valence-electron chi connectivity index (χ1n) is 15.9. The number of piperazine rings is 1. The molecular formula is C32H42ClN7O14S. The second-order valence-corrected chi connectivity index (χ2v) is 14.3. The molecule has 0 saturated carbocycles. The summed E-state index contributed by atoms with van der Waals surface area (Å²) in [5.41, 5.74) is 2.90. The number of aliphatic carboxylic acids is 4. The van der Waals surface area contributed by atoms with Crippen LogP contribution in [0.25, 0.3) is 0 Å². The average Bonchev–Trinajstić information content (AvgIpc) is 3.13. The predicted molar refractivity (Wildman–Crippen MR) is 195 cm³/mol. The van der Waals surface area contributed by atoms with Gasteiger partial charge in [-0.1, -0.05) is 35.9 Å². The molecule has 21 nitrogen and oxygen atoms in total. The lowest BCUT2D eigenvalue weighted by Crippen LogP contribution is -2.43. The monoisotopic (exact) mass is 815 g/mol. The van der Waals surface area contributed by atoms with Gasteiger partial charge in [0.1, 0.15) is 4.90 Å². The van der Waals surface area contributed by atoms with Crippen LogP contribution in [0.3, 0.4) is 0 Å². The number of nitrogens with one attached hydrogen (secondary N) is 2. The highest BCUT2D eigenvalue weighted by Gasteiger charge is 2.30. The number of para-hydroxylation sites is 1. The molecule has 1 aliphatic heterocycles. The number of rotatable bonds is 14. The molecule has 0 unspecified atom stereocenters. The molecule has 0 radical (unpaired) electrons. The standard InChI is InChI=1S/C24H30ClN7O2S.2C4H6O6/c1-30(2)35(33,34)22-7-5-4-6-20(22)28-21-16-26-24(29-23(21)25)27-19-10-8-18(9-11-19)17-32-14-12-31(3)13-15-32;2*5-1(3(7)8)2(6)4(9)10/h4-11,16,28H,12-15,17H2,1-3H3,(H,26,27,29);2*1-2,5-6H,(H,7,8)(H,9,10)/t;2*1-,2-/m.11/s1. The zero-order chi connectivity index (χ0) is 41.6. The maximum atomic E-state index is 12.6. The molecule has 3 aromatic rings. The molecule has 1 aliphatic rings. The smallest absolute Gasteiger partial charge is 0.335 e. The number of hydrogen-bond acceptors (Lipinski definition) is 16. The van der Waals surface area contributed by atoms with Gasteiger partial charge in [0.05, 0.1) is 17.6 Å². The molecule has 1 fully saturated rings. The Morgan fingerprint density at radius 2 is 1.24 bits per heavy atom. The summed E-state index contributed by atoms with van der Waals surface area (Å²) in [6.07, 6.45) is -7.54. The van der Waals surface area contributed by atoms with Crippen molar-refractivity contribution in [3.05, 3.63) is 65.4 Å². The van der Waals surface area contributed by atoms with Gasteiger partial charge < -0.3 is 56.4 Å². The lowest BCUT2D eigenvalue weighted by molar-refractivity contribution is -0.165. The highest BCUT2D eigenvalue weighted by molar-refractivity contribution is 7.89. The zero-order valence-electron chi connectivity index (χ0n) is 29.6. The van der Waals surface area contributed by atoms with E-state index in [0.29, 0.717) is 17.3 Å². The second-order valence-electron chi connectivity index (χ2n) is 11.8. The summed E-state index contributed by atoms with van der Waals surface area (Å²) in [6, 6.07) is 14.8. The van der Waals surface area contributed by atoms with E-state index < -0.39 is 58.3 Å². The van der Waals surface area contributed by atoms with Crippen LogP contribution in [0.1, 0.15) is 5.56 Å². The first kappa shape index (κ1) is 46.1. The number of anilines is 4. The third-order valence-electron chi connectivity index (χ3n) is 7.48. The Hall–Kier alpha value is -5.04. The normalized spacial score (nSPS) is 15.5. The molecule has 0 aliphatic carbocycles. The van der Waals surface area contributed by atoms with Crippen LogP contribution in [0.15, 0.2) is 59.6 Å². The minimum atomic E-state index is -3.64. The molecule has 55 heavy (non-hydrogen) atoms. The van der Waals surface area contributed by atoms with Gasteiger partial charge in [-0.25, -0.2) is 36.9 Å². The summed E-state index contributed by atoms with van der Waals surface area (Å²) < 4.78 is 26.4. The number of carboxylic acids is 4. The number of aliphatic hydroxyl groups excluding tert-OH is 4. The molecule has 2 aromatic carbocycles. The summed E-state index contributed by atoms with van der Waals surface area (Å²) in [7, 11) is 1.50. The Balaban J connectivity index is 0.000000429. The fourth-order valence-electron chi connectivity index (χ4n) is 4.27.